The van der Waals surface area contributed by atoms with Crippen LogP contribution in [0, 0.1) is 6.92 Å². The Bertz CT molecular complexity index is 697. The maximum atomic E-state index is 12.5. The summed E-state index contributed by atoms with van der Waals surface area (Å²) in [5.41, 5.74) is 3.11. The van der Waals surface area contributed by atoms with Crippen molar-refractivity contribution < 1.29 is 9.59 Å². The summed E-state index contributed by atoms with van der Waals surface area (Å²) in [4.78, 5) is 25.9. The van der Waals surface area contributed by atoms with Crippen LogP contribution in [0.4, 0.5) is 4.79 Å². The molecule has 0 saturated carbocycles. The number of carbonyl (C=O) groups is 2. The molecule has 2 aromatic carbocycles. The molecule has 0 spiro atoms. The molecule has 22 heavy (non-hydrogen) atoms. The van der Waals surface area contributed by atoms with Gasteiger partial charge in [0, 0.05) is 6.42 Å². The van der Waals surface area contributed by atoms with Gasteiger partial charge in [0.1, 0.15) is 6.04 Å². The van der Waals surface area contributed by atoms with Crippen LogP contribution in [0.5, 0.6) is 0 Å². The number of urea groups is 1. The summed E-state index contributed by atoms with van der Waals surface area (Å²) < 4.78 is 0. The van der Waals surface area contributed by atoms with E-state index in [1.54, 1.807) is 0 Å². The third-order valence-electron chi connectivity index (χ3n) is 3.98. The zero-order valence-electron chi connectivity index (χ0n) is 12.5. The van der Waals surface area contributed by atoms with Crippen molar-refractivity contribution in [3.63, 3.8) is 0 Å². The summed E-state index contributed by atoms with van der Waals surface area (Å²) in [6, 6.07) is 16.7. The van der Waals surface area contributed by atoms with Crippen LogP contribution < -0.4 is 5.32 Å². The molecular weight excluding hydrogens is 276 g/mol. The molecule has 4 nitrogen and oxygen atoms in total. The van der Waals surface area contributed by atoms with Crippen molar-refractivity contribution in [1.29, 1.82) is 0 Å². The van der Waals surface area contributed by atoms with Gasteiger partial charge in [0.05, 0.1) is 6.54 Å². The molecule has 2 aromatic rings. The summed E-state index contributed by atoms with van der Waals surface area (Å²) in [5.74, 6) is -0.155. The van der Waals surface area contributed by atoms with Crippen molar-refractivity contribution in [3.8, 4) is 0 Å². The lowest BCUT2D eigenvalue weighted by Crippen LogP contribution is -2.32. The Morgan fingerprint density at radius 1 is 1.00 bits per heavy atom. The minimum absolute atomic E-state index is 0.155. The van der Waals surface area contributed by atoms with Crippen LogP contribution in [0.3, 0.4) is 0 Å². The maximum absolute atomic E-state index is 12.5. The number of nitrogens with zero attached hydrogens (tertiary/aromatic N) is 1. The number of hydrogen-bond acceptors (Lipinski definition) is 2. The Hall–Kier alpha value is -2.62. The number of benzene rings is 2. The van der Waals surface area contributed by atoms with Crippen LogP contribution in [0.25, 0.3) is 0 Å². The normalized spacial score (nSPS) is 17.7. The number of hydrogen-bond donors (Lipinski definition) is 1. The quantitative estimate of drug-likeness (QED) is 0.881. The minimum Gasteiger partial charge on any atom is -0.325 e. The molecule has 0 bridgehead atoms. The fraction of sp³-hybridized carbons (Fsp3) is 0.222. The lowest BCUT2D eigenvalue weighted by atomic mass is 10.1. The molecule has 3 rings (SSSR count). The minimum atomic E-state index is -0.473. The van der Waals surface area contributed by atoms with Gasteiger partial charge in [-0.15, -0.1) is 0 Å². The fourth-order valence-electron chi connectivity index (χ4n) is 2.67. The maximum Gasteiger partial charge on any atom is 0.325 e. The number of carbonyl (C=O) groups excluding carboxylic acids is 2. The summed E-state index contributed by atoms with van der Waals surface area (Å²) in [7, 11) is 0. The van der Waals surface area contributed by atoms with Gasteiger partial charge in [-0.1, -0.05) is 54.6 Å². The van der Waals surface area contributed by atoms with Gasteiger partial charge in [-0.05, 0) is 23.6 Å². The van der Waals surface area contributed by atoms with Crippen LogP contribution in [0.1, 0.15) is 16.7 Å². The average molecular weight is 294 g/mol. The van der Waals surface area contributed by atoms with Crippen molar-refractivity contribution in [2.45, 2.75) is 25.9 Å². The van der Waals surface area contributed by atoms with E-state index in [9.17, 15) is 9.59 Å². The van der Waals surface area contributed by atoms with E-state index < -0.39 is 6.04 Å². The third kappa shape index (κ3) is 2.86. The van der Waals surface area contributed by atoms with E-state index in [2.05, 4.69) is 5.32 Å². The van der Waals surface area contributed by atoms with Gasteiger partial charge >= 0.3 is 6.03 Å². The van der Waals surface area contributed by atoms with Crippen molar-refractivity contribution in [1.82, 2.24) is 10.2 Å². The van der Waals surface area contributed by atoms with Crippen LogP contribution in [0.15, 0.2) is 54.6 Å². The molecule has 112 valence electrons. The van der Waals surface area contributed by atoms with E-state index in [-0.39, 0.29) is 11.9 Å². The molecule has 4 heteroatoms. The zero-order valence-corrected chi connectivity index (χ0v) is 12.5. The Labute approximate surface area is 129 Å². The third-order valence-corrected chi connectivity index (χ3v) is 3.98. The highest BCUT2D eigenvalue weighted by Gasteiger charge is 2.37. The molecule has 1 unspecified atom stereocenters. The predicted molar refractivity (Wildman–Crippen MR) is 84.2 cm³/mol. The summed E-state index contributed by atoms with van der Waals surface area (Å²) in [6.07, 6.45) is 0.523. The first-order valence-corrected chi connectivity index (χ1v) is 7.35. The Morgan fingerprint density at radius 3 is 2.41 bits per heavy atom. The van der Waals surface area contributed by atoms with Crippen LogP contribution >= 0.6 is 0 Å². The summed E-state index contributed by atoms with van der Waals surface area (Å²) in [5, 5.41) is 2.78. The van der Waals surface area contributed by atoms with E-state index in [4.69, 9.17) is 0 Å². The Kier molecular flexibility index (Phi) is 3.92. The molecule has 0 aromatic heterocycles. The molecule has 1 saturated heterocycles. The SMILES string of the molecule is Cc1ccccc1CN1C(=O)NC(Cc2ccccc2)C1=O. The lowest BCUT2D eigenvalue weighted by Gasteiger charge is -2.14. The van der Waals surface area contributed by atoms with Crippen LogP contribution in [0.2, 0.25) is 0 Å². The van der Waals surface area contributed by atoms with E-state index in [1.165, 1.54) is 4.90 Å². The highest BCUT2D eigenvalue weighted by Crippen LogP contribution is 2.17. The number of nitrogens with one attached hydrogen (secondary N) is 1. The van der Waals surface area contributed by atoms with Crippen molar-refractivity contribution in [2.24, 2.45) is 0 Å². The van der Waals surface area contributed by atoms with Gasteiger partial charge in [0.2, 0.25) is 0 Å². The number of imide groups is 1. The first kappa shape index (κ1) is 14.3. The molecule has 1 aliphatic rings. The number of amides is 3. The van der Waals surface area contributed by atoms with Crippen LogP contribution in [-0.4, -0.2) is 22.9 Å². The van der Waals surface area contributed by atoms with E-state index >= 15 is 0 Å². The topological polar surface area (TPSA) is 49.4 Å². The lowest BCUT2D eigenvalue weighted by molar-refractivity contribution is -0.127. The second kappa shape index (κ2) is 6.02. The predicted octanol–water partition coefficient (Wildman–Crippen LogP) is 2.66. The smallest absolute Gasteiger partial charge is 0.325 e. The molecular formula is C18H18N2O2. The summed E-state index contributed by atoms with van der Waals surface area (Å²) in [6.45, 7) is 2.30. The fourth-order valence-corrected chi connectivity index (χ4v) is 2.67. The second-order valence-electron chi connectivity index (χ2n) is 5.54. The largest absolute Gasteiger partial charge is 0.325 e. The molecule has 1 fully saturated rings. The van der Waals surface area contributed by atoms with Gasteiger partial charge in [-0.25, -0.2) is 4.79 Å². The van der Waals surface area contributed by atoms with Crippen molar-refractivity contribution >= 4 is 11.9 Å². The first-order chi connectivity index (χ1) is 10.6. The monoisotopic (exact) mass is 294 g/mol. The van der Waals surface area contributed by atoms with Gasteiger partial charge in [0.15, 0.2) is 0 Å². The van der Waals surface area contributed by atoms with E-state index in [0.717, 1.165) is 16.7 Å². The van der Waals surface area contributed by atoms with Gasteiger partial charge < -0.3 is 5.32 Å². The molecule has 3 amide bonds. The first-order valence-electron chi connectivity index (χ1n) is 7.35. The van der Waals surface area contributed by atoms with Gasteiger partial charge in [-0.3, -0.25) is 9.69 Å². The molecule has 1 heterocycles. The number of aryl methyl sites for hydroxylation is 1. The highest BCUT2D eigenvalue weighted by atomic mass is 16.2. The van der Waals surface area contributed by atoms with Crippen molar-refractivity contribution in [3.05, 3.63) is 71.3 Å². The highest BCUT2D eigenvalue weighted by molar-refractivity contribution is 6.04. The molecule has 0 aliphatic carbocycles. The van der Waals surface area contributed by atoms with Crippen molar-refractivity contribution in [2.75, 3.05) is 0 Å². The van der Waals surface area contributed by atoms with Gasteiger partial charge in [0.25, 0.3) is 5.91 Å². The summed E-state index contributed by atoms with van der Waals surface area (Å²) >= 11 is 0. The Morgan fingerprint density at radius 2 is 1.68 bits per heavy atom. The van der Waals surface area contributed by atoms with Gasteiger partial charge in [-0.2, -0.15) is 0 Å². The molecule has 1 atom stereocenters. The Balaban J connectivity index is 1.73. The van der Waals surface area contributed by atoms with E-state index in [0.29, 0.717) is 13.0 Å². The van der Waals surface area contributed by atoms with Crippen LogP contribution in [-0.2, 0) is 17.8 Å². The average Bonchev–Trinajstić information content (AvgIpc) is 2.78. The molecule has 1 aliphatic heterocycles. The van der Waals surface area contributed by atoms with E-state index in [1.807, 2.05) is 61.5 Å². The standard InChI is InChI=1S/C18H18N2O2/c1-13-7-5-6-10-15(13)12-20-17(21)16(19-18(20)22)11-14-8-3-2-4-9-14/h2-10,16H,11-12H2,1H3,(H,19,22). The number of rotatable bonds is 4. The molecule has 1 N–H and O–H groups in total. The second-order valence-corrected chi connectivity index (χ2v) is 5.54. The zero-order chi connectivity index (χ0) is 15.5. The molecule has 0 radical (unpaired) electrons.